The molecule has 1 rings (SSSR count). The van der Waals surface area contributed by atoms with Crippen LogP contribution in [0.3, 0.4) is 0 Å². The molecule has 0 fully saturated rings. The summed E-state index contributed by atoms with van der Waals surface area (Å²) in [4.78, 5) is 21.4. The molecule has 0 aliphatic heterocycles. The highest BCUT2D eigenvalue weighted by Gasteiger charge is 2.17. The van der Waals surface area contributed by atoms with Crippen LogP contribution in [0.15, 0.2) is 24.3 Å². The van der Waals surface area contributed by atoms with E-state index in [1.165, 1.54) is 5.19 Å². The molecule has 0 saturated heterocycles. The van der Waals surface area contributed by atoms with Gasteiger partial charge >= 0.3 is 5.97 Å². The number of ether oxygens (including phenoxy) is 1. The fourth-order valence-corrected chi connectivity index (χ4v) is 2.86. The Bertz CT molecular complexity index is 423. The Kier molecular flexibility index (Phi) is 7.64. The predicted molar refractivity (Wildman–Crippen MR) is 86.5 cm³/mol. The third kappa shape index (κ3) is 6.88. The molecule has 118 valence electrons. The van der Waals surface area contributed by atoms with Crippen molar-refractivity contribution in [2.24, 2.45) is 0 Å². The minimum Gasteiger partial charge on any atom is -0.379 e. The monoisotopic (exact) mass is 310 g/mol. The van der Waals surface area contributed by atoms with E-state index in [-0.39, 0.29) is 6.61 Å². The summed E-state index contributed by atoms with van der Waals surface area (Å²) in [6, 6.07) is 7.57. The lowest BCUT2D eigenvalue weighted by molar-refractivity contribution is -0.247. The van der Waals surface area contributed by atoms with Crippen molar-refractivity contribution in [3.05, 3.63) is 29.8 Å². The van der Waals surface area contributed by atoms with Crippen LogP contribution in [0, 0.1) is 0 Å². The van der Waals surface area contributed by atoms with Crippen molar-refractivity contribution in [1.82, 2.24) is 0 Å². The summed E-state index contributed by atoms with van der Waals surface area (Å²) in [6.07, 6.45) is 2.13. The van der Waals surface area contributed by atoms with Crippen LogP contribution in [-0.2, 0) is 14.5 Å². The minimum absolute atomic E-state index is 0.252. The van der Waals surface area contributed by atoms with Crippen molar-refractivity contribution < 1.29 is 19.3 Å². The molecule has 0 radical (unpaired) electrons. The van der Waals surface area contributed by atoms with Crippen LogP contribution in [0.4, 0.5) is 0 Å². The highest BCUT2D eigenvalue weighted by molar-refractivity contribution is 6.88. The van der Waals surface area contributed by atoms with Crippen LogP contribution < -0.4 is 5.19 Å². The fourth-order valence-electron chi connectivity index (χ4n) is 1.69. The molecule has 0 heterocycles. The number of hydrogen-bond donors (Lipinski definition) is 0. The van der Waals surface area contributed by atoms with E-state index in [1.807, 2.05) is 12.1 Å². The summed E-state index contributed by atoms with van der Waals surface area (Å²) in [7, 11) is -1.34. The van der Waals surface area contributed by atoms with E-state index in [2.05, 4.69) is 26.6 Å². The van der Waals surface area contributed by atoms with Crippen LogP contribution in [-0.4, -0.2) is 33.9 Å². The molecule has 0 aliphatic rings. The molecule has 1 aromatic carbocycles. The molecule has 4 nitrogen and oxygen atoms in total. The molecule has 0 aliphatic carbocycles. The number of carbonyl (C=O) groups is 1. The zero-order valence-corrected chi connectivity index (χ0v) is 14.5. The van der Waals surface area contributed by atoms with Crippen LogP contribution in [0.1, 0.15) is 30.1 Å². The number of carbonyl (C=O) groups excluding carboxylic acids is 1. The van der Waals surface area contributed by atoms with Crippen LogP contribution in [0.5, 0.6) is 0 Å². The second kappa shape index (κ2) is 8.97. The molecule has 5 heteroatoms. The second-order valence-corrected chi connectivity index (χ2v) is 11.1. The van der Waals surface area contributed by atoms with Crippen LogP contribution >= 0.6 is 0 Å². The van der Waals surface area contributed by atoms with Crippen molar-refractivity contribution in [1.29, 1.82) is 0 Å². The van der Waals surface area contributed by atoms with E-state index >= 15 is 0 Å². The average Bonchev–Trinajstić information content (AvgIpc) is 2.45. The minimum atomic E-state index is -1.34. The van der Waals surface area contributed by atoms with Gasteiger partial charge in [0.05, 0.1) is 20.2 Å². The third-order valence-electron chi connectivity index (χ3n) is 3.07. The molecule has 0 N–H and O–H groups in total. The van der Waals surface area contributed by atoms with Crippen molar-refractivity contribution in [2.75, 3.05) is 19.8 Å². The highest BCUT2D eigenvalue weighted by atomic mass is 28.3. The number of unbranched alkanes of at least 4 members (excludes halogenated alkanes) is 1. The maximum atomic E-state index is 11.8. The normalized spacial score (nSPS) is 11.4. The smallest absolute Gasteiger partial charge is 0.373 e. The molecular weight excluding hydrogens is 284 g/mol. The largest absolute Gasteiger partial charge is 0.379 e. The molecular formula is C16H26O4Si. The summed E-state index contributed by atoms with van der Waals surface area (Å²) in [6.45, 7) is 10.3. The molecule has 0 amide bonds. The van der Waals surface area contributed by atoms with Crippen molar-refractivity contribution in [3.8, 4) is 0 Å². The Balaban J connectivity index is 2.29. The first-order valence-corrected chi connectivity index (χ1v) is 11.0. The number of hydrogen-bond acceptors (Lipinski definition) is 4. The summed E-state index contributed by atoms with van der Waals surface area (Å²) < 4.78 is 5.30. The molecule has 0 saturated carbocycles. The first kappa shape index (κ1) is 17.9. The summed E-state index contributed by atoms with van der Waals surface area (Å²) in [5, 5.41) is 1.31. The summed E-state index contributed by atoms with van der Waals surface area (Å²) >= 11 is 0. The summed E-state index contributed by atoms with van der Waals surface area (Å²) in [5.74, 6) is -0.467. The van der Waals surface area contributed by atoms with Gasteiger partial charge in [-0.15, -0.1) is 0 Å². The van der Waals surface area contributed by atoms with Gasteiger partial charge in [-0.1, -0.05) is 50.3 Å². The lowest BCUT2D eigenvalue weighted by Crippen LogP contribution is -2.37. The first-order valence-electron chi connectivity index (χ1n) is 7.47. The van der Waals surface area contributed by atoms with Crippen molar-refractivity contribution in [2.45, 2.75) is 39.4 Å². The standard InChI is InChI=1S/C16H26O4Si/c1-5-6-11-18-12-13-19-20-16(17)14-7-9-15(10-8-14)21(2,3)4/h7-10H,5-6,11-13H2,1-4H3. The molecule has 1 aromatic rings. The lowest BCUT2D eigenvalue weighted by atomic mass is 10.2. The van der Waals surface area contributed by atoms with E-state index in [0.29, 0.717) is 18.8 Å². The zero-order valence-electron chi connectivity index (χ0n) is 13.5. The average molecular weight is 310 g/mol. The highest BCUT2D eigenvalue weighted by Crippen LogP contribution is 2.06. The summed E-state index contributed by atoms with van der Waals surface area (Å²) in [5.41, 5.74) is 0.504. The van der Waals surface area contributed by atoms with Gasteiger partial charge in [0.15, 0.2) is 0 Å². The maximum absolute atomic E-state index is 11.8. The van der Waals surface area contributed by atoms with E-state index in [9.17, 15) is 4.79 Å². The van der Waals surface area contributed by atoms with Gasteiger partial charge in [0.2, 0.25) is 0 Å². The Morgan fingerprint density at radius 2 is 1.71 bits per heavy atom. The van der Waals surface area contributed by atoms with Gasteiger partial charge in [0, 0.05) is 6.61 Å². The van der Waals surface area contributed by atoms with Crippen LogP contribution in [0.2, 0.25) is 19.6 Å². The topological polar surface area (TPSA) is 44.8 Å². The van der Waals surface area contributed by atoms with Crippen molar-refractivity contribution >= 4 is 19.2 Å². The Morgan fingerprint density at radius 3 is 2.29 bits per heavy atom. The van der Waals surface area contributed by atoms with E-state index in [4.69, 9.17) is 14.5 Å². The predicted octanol–water partition coefficient (Wildman–Crippen LogP) is 3.14. The molecule has 0 bridgehead atoms. The fraction of sp³-hybridized carbons (Fsp3) is 0.562. The number of benzene rings is 1. The maximum Gasteiger partial charge on any atom is 0.373 e. The molecule has 0 unspecified atom stereocenters. The number of rotatable bonds is 9. The van der Waals surface area contributed by atoms with Gasteiger partial charge in [-0.2, -0.15) is 4.89 Å². The molecule has 0 aromatic heterocycles. The van der Waals surface area contributed by atoms with Crippen LogP contribution in [0.25, 0.3) is 0 Å². The van der Waals surface area contributed by atoms with Gasteiger partial charge in [-0.25, -0.2) is 4.79 Å². The Hall–Kier alpha value is -1.17. The van der Waals surface area contributed by atoms with Gasteiger partial charge in [0.1, 0.15) is 6.61 Å². The van der Waals surface area contributed by atoms with E-state index in [0.717, 1.165) is 12.8 Å². The van der Waals surface area contributed by atoms with Crippen molar-refractivity contribution in [3.63, 3.8) is 0 Å². The zero-order chi connectivity index (χ0) is 15.7. The Morgan fingerprint density at radius 1 is 1.05 bits per heavy atom. The second-order valence-electron chi connectivity index (χ2n) is 5.99. The third-order valence-corrected chi connectivity index (χ3v) is 5.14. The first-order chi connectivity index (χ1) is 9.95. The van der Waals surface area contributed by atoms with E-state index < -0.39 is 14.0 Å². The quantitative estimate of drug-likeness (QED) is 0.304. The van der Waals surface area contributed by atoms with Gasteiger partial charge in [-0.05, 0) is 18.6 Å². The van der Waals surface area contributed by atoms with Gasteiger partial charge < -0.3 is 4.74 Å². The van der Waals surface area contributed by atoms with Gasteiger partial charge in [0.25, 0.3) is 0 Å². The van der Waals surface area contributed by atoms with Gasteiger partial charge in [-0.3, -0.25) is 4.89 Å². The lowest BCUT2D eigenvalue weighted by Gasteiger charge is -2.16. The Labute approximate surface area is 128 Å². The molecule has 0 atom stereocenters. The molecule has 0 spiro atoms. The van der Waals surface area contributed by atoms with E-state index in [1.54, 1.807) is 12.1 Å². The molecule has 21 heavy (non-hydrogen) atoms. The SMILES string of the molecule is CCCCOCCOOC(=O)c1ccc([Si](C)(C)C)cc1.